The minimum Gasteiger partial charge on any atom is -0.479 e. The van der Waals surface area contributed by atoms with Crippen LogP contribution in [0.2, 0.25) is 0 Å². The van der Waals surface area contributed by atoms with Gasteiger partial charge >= 0.3 is 5.97 Å². The summed E-state index contributed by atoms with van der Waals surface area (Å²) >= 11 is 0. The van der Waals surface area contributed by atoms with Gasteiger partial charge in [0, 0.05) is 18.2 Å². The Morgan fingerprint density at radius 3 is 2.51 bits per heavy atom. The molecule has 0 saturated heterocycles. The zero-order valence-electron chi connectivity index (χ0n) is 19.4. The summed E-state index contributed by atoms with van der Waals surface area (Å²) in [5, 5.41) is 13.1. The molecule has 0 fully saturated rings. The molecule has 1 atom stereocenters. The highest BCUT2D eigenvalue weighted by molar-refractivity contribution is 5.99. The number of hydrogen-bond acceptors (Lipinski definition) is 7. The zero-order chi connectivity index (χ0) is 25.5. The van der Waals surface area contributed by atoms with E-state index in [1.165, 1.54) is 7.11 Å². The third kappa shape index (κ3) is 6.30. The molecule has 0 aliphatic carbocycles. The maximum Gasteiger partial charge on any atom is 0.344 e. The van der Waals surface area contributed by atoms with Crippen molar-refractivity contribution < 1.29 is 33.0 Å². The van der Waals surface area contributed by atoms with Crippen LogP contribution in [-0.4, -0.2) is 35.0 Å². The molecule has 0 aliphatic heterocycles. The lowest BCUT2D eigenvalue weighted by molar-refractivity contribution is -0.145. The molecule has 1 heterocycles. The van der Waals surface area contributed by atoms with Gasteiger partial charge in [-0.25, -0.2) is 13.6 Å². The predicted octanol–water partition coefficient (Wildman–Crippen LogP) is 4.89. The zero-order valence-corrected chi connectivity index (χ0v) is 19.4. The van der Waals surface area contributed by atoms with Crippen LogP contribution in [0.1, 0.15) is 31.4 Å². The van der Waals surface area contributed by atoms with Gasteiger partial charge in [-0.05, 0) is 54.3 Å². The van der Waals surface area contributed by atoms with E-state index in [0.717, 1.165) is 16.7 Å². The third-order valence-corrected chi connectivity index (χ3v) is 5.03. The number of carbonyl (C=O) groups is 1. The summed E-state index contributed by atoms with van der Waals surface area (Å²) in [7, 11) is 1.41. The molecule has 3 rings (SSSR count). The number of oxime groups is 1. The molecule has 0 unspecified atom stereocenters. The molecule has 3 N–H and O–H groups in total. The topological polar surface area (TPSA) is 116 Å². The van der Waals surface area contributed by atoms with E-state index in [9.17, 15) is 18.7 Å². The average molecular weight is 485 g/mol. The van der Waals surface area contributed by atoms with Crippen molar-refractivity contribution in [3.8, 4) is 28.6 Å². The molecule has 0 aliphatic rings. The normalized spacial score (nSPS) is 12.2. The summed E-state index contributed by atoms with van der Waals surface area (Å²) in [6.07, 6.45) is -1.30. The standard InChI is InChI=1S/C25H25F2N3O5/c1-4-22(25(31)32)35-24-21(27)12-20(26)23(29-24)34-19-10-17(14(2)30-33-3)9-18(11-19)16-7-5-6-15(8-16)13-28/h5-12,22H,4,13,28H2,1-3H3,(H,31,32)/b30-14+/t22-/m1/s1. The van der Waals surface area contributed by atoms with E-state index < -0.39 is 35.5 Å². The Hall–Kier alpha value is -4.05. The van der Waals surface area contributed by atoms with Crippen molar-refractivity contribution in [1.82, 2.24) is 4.98 Å². The van der Waals surface area contributed by atoms with Crippen molar-refractivity contribution in [3.05, 3.63) is 71.3 Å². The summed E-state index contributed by atoms with van der Waals surface area (Å²) < 4.78 is 39.6. The second kappa shape index (κ2) is 11.4. The van der Waals surface area contributed by atoms with Gasteiger partial charge in [-0.15, -0.1) is 0 Å². The molecule has 8 nitrogen and oxygen atoms in total. The number of carboxylic acid groups (broad SMARTS) is 1. The number of nitrogens with zero attached hydrogens (tertiary/aromatic N) is 2. The Labute approximate surface area is 201 Å². The largest absolute Gasteiger partial charge is 0.479 e. The van der Waals surface area contributed by atoms with E-state index >= 15 is 0 Å². The first-order valence-electron chi connectivity index (χ1n) is 10.7. The van der Waals surface area contributed by atoms with Gasteiger partial charge in [-0.1, -0.05) is 30.3 Å². The molecule has 184 valence electrons. The summed E-state index contributed by atoms with van der Waals surface area (Å²) in [6, 6.07) is 13.2. The molecular formula is C25H25F2N3O5. The van der Waals surface area contributed by atoms with Crippen LogP contribution in [0.15, 0.2) is 53.7 Å². The number of carboxylic acids is 1. The molecule has 2 aromatic carbocycles. The first-order valence-corrected chi connectivity index (χ1v) is 10.7. The molecule has 0 saturated carbocycles. The van der Waals surface area contributed by atoms with Gasteiger partial charge in [0.05, 0.1) is 5.71 Å². The van der Waals surface area contributed by atoms with Crippen LogP contribution in [0.25, 0.3) is 11.1 Å². The monoisotopic (exact) mass is 485 g/mol. The van der Waals surface area contributed by atoms with Crippen LogP contribution in [0, 0.1) is 11.6 Å². The number of halogens is 2. The van der Waals surface area contributed by atoms with Crippen LogP contribution in [0.3, 0.4) is 0 Å². The van der Waals surface area contributed by atoms with Gasteiger partial charge in [-0.3, -0.25) is 0 Å². The first kappa shape index (κ1) is 25.6. The Morgan fingerprint density at radius 1 is 1.11 bits per heavy atom. The van der Waals surface area contributed by atoms with E-state index in [2.05, 4.69) is 10.1 Å². The van der Waals surface area contributed by atoms with Crippen molar-refractivity contribution in [2.24, 2.45) is 10.9 Å². The van der Waals surface area contributed by atoms with Crippen molar-refractivity contribution in [1.29, 1.82) is 0 Å². The molecule has 0 bridgehead atoms. The molecular weight excluding hydrogens is 460 g/mol. The number of rotatable bonds is 10. The number of pyridine rings is 1. The predicted molar refractivity (Wildman–Crippen MR) is 126 cm³/mol. The minimum absolute atomic E-state index is 0.0510. The van der Waals surface area contributed by atoms with E-state index in [4.69, 9.17) is 20.0 Å². The van der Waals surface area contributed by atoms with Crippen LogP contribution in [-0.2, 0) is 16.2 Å². The highest BCUT2D eigenvalue weighted by Gasteiger charge is 2.22. The quantitative estimate of drug-likeness (QED) is 0.310. The fourth-order valence-corrected chi connectivity index (χ4v) is 3.24. The lowest BCUT2D eigenvalue weighted by Crippen LogP contribution is -2.26. The number of aliphatic carboxylic acids is 1. The summed E-state index contributed by atoms with van der Waals surface area (Å²) in [6.45, 7) is 3.63. The highest BCUT2D eigenvalue weighted by atomic mass is 19.1. The lowest BCUT2D eigenvalue weighted by atomic mass is 9.99. The van der Waals surface area contributed by atoms with Gasteiger partial charge in [0.15, 0.2) is 17.7 Å². The fourth-order valence-electron chi connectivity index (χ4n) is 3.24. The summed E-state index contributed by atoms with van der Waals surface area (Å²) in [5.41, 5.74) is 9.36. The molecule has 1 aromatic heterocycles. The van der Waals surface area contributed by atoms with Gasteiger partial charge in [0.2, 0.25) is 0 Å². The van der Waals surface area contributed by atoms with Crippen LogP contribution >= 0.6 is 0 Å². The second-order valence-corrected chi connectivity index (χ2v) is 7.53. The number of ether oxygens (including phenoxy) is 2. The minimum atomic E-state index is -1.35. The van der Waals surface area contributed by atoms with Gasteiger partial charge in [0.1, 0.15) is 12.9 Å². The van der Waals surface area contributed by atoms with Crippen LogP contribution in [0.4, 0.5) is 8.78 Å². The van der Waals surface area contributed by atoms with Gasteiger partial charge in [-0.2, -0.15) is 4.98 Å². The third-order valence-electron chi connectivity index (χ3n) is 5.03. The Morgan fingerprint density at radius 2 is 1.86 bits per heavy atom. The van der Waals surface area contributed by atoms with Crippen molar-refractivity contribution in [2.75, 3.05) is 7.11 Å². The molecule has 0 radical (unpaired) electrons. The van der Waals surface area contributed by atoms with Gasteiger partial charge < -0.3 is 25.2 Å². The molecule has 0 amide bonds. The fraction of sp³-hybridized carbons (Fsp3) is 0.240. The number of hydrogen-bond donors (Lipinski definition) is 2. The number of aromatic nitrogens is 1. The Bertz CT molecular complexity index is 1250. The van der Waals surface area contributed by atoms with Crippen molar-refractivity contribution in [3.63, 3.8) is 0 Å². The number of benzene rings is 2. The molecule has 10 heteroatoms. The van der Waals surface area contributed by atoms with Crippen molar-refractivity contribution in [2.45, 2.75) is 32.9 Å². The maximum absolute atomic E-state index is 14.5. The summed E-state index contributed by atoms with van der Waals surface area (Å²) in [4.78, 5) is 19.9. The van der Waals surface area contributed by atoms with Crippen molar-refractivity contribution >= 4 is 11.7 Å². The first-order chi connectivity index (χ1) is 16.7. The number of nitrogens with two attached hydrogens (primary N) is 1. The second-order valence-electron chi connectivity index (χ2n) is 7.53. The molecule has 3 aromatic rings. The van der Waals surface area contributed by atoms with E-state index in [1.54, 1.807) is 26.0 Å². The Kier molecular flexibility index (Phi) is 8.32. The van der Waals surface area contributed by atoms with E-state index in [-0.39, 0.29) is 12.2 Å². The smallest absolute Gasteiger partial charge is 0.344 e. The van der Waals surface area contributed by atoms with E-state index in [1.807, 2.05) is 30.3 Å². The van der Waals surface area contributed by atoms with Crippen LogP contribution in [0.5, 0.6) is 17.5 Å². The van der Waals surface area contributed by atoms with Gasteiger partial charge in [0.25, 0.3) is 11.8 Å². The average Bonchev–Trinajstić information content (AvgIpc) is 2.84. The maximum atomic E-state index is 14.5. The highest BCUT2D eigenvalue weighted by Crippen LogP contribution is 2.32. The van der Waals surface area contributed by atoms with Crippen LogP contribution < -0.4 is 15.2 Å². The lowest BCUT2D eigenvalue weighted by Gasteiger charge is -2.15. The summed E-state index contributed by atoms with van der Waals surface area (Å²) in [5.74, 6) is -4.62. The molecule has 35 heavy (non-hydrogen) atoms. The molecule has 0 spiro atoms. The Balaban J connectivity index is 2.06. The SMILES string of the molecule is CC[C@@H](Oc1nc(Oc2cc(/C(C)=N/OC)cc(-c3cccc(CN)c3)c2)c(F)cc1F)C(=O)O. The van der Waals surface area contributed by atoms with E-state index in [0.29, 0.717) is 23.9 Å².